The van der Waals surface area contributed by atoms with Crippen LogP contribution < -0.4 is 0 Å². The van der Waals surface area contributed by atoms with Gasteiger partial charge in [-0.25, -0.2) is 17.6 Å². The van der Waals surface area contributed by atoms with Crippen molar-refractivity contribution in [1.29, 1.82) is 0 Å². The van der Waals surface area contributed by atoms with Crippen LogP contribution in [0.2, 0.25) is 0 Å². The molecule has 0 aliphatic rings. The highest BCUT2D eigenvalue weighted by atomic mass is 79.9. The minimum Gasteiger partial charge on any atom is -0.465 e. The van der Waals surface area contributed by atoms with E-state index in [1.54, 1.807) is 0 Å². The molecule has 0 aromatic carbocycles. The molecular weight excluding hydrogens is 272 g/mol. The Labute approximate surface area is 86.7 Å². The minimum atomic E-state index is -4.18. The lowest BCUT2D eigenvalue weighted by Crippen LogP contribution is -2.33. The normalized spacial score (nSPS) is 14.2. The lowest BCUT2D eigenvalue weighted by Gasteiger charge is -2.17. The Morgan fingerprint density at radius 1 is 1.50 bits per heavy atom. The van der Waals surface area contributed by atoms with Crippen molar-refractivity contribution < 1.29 is 27.1 Å². The second-order valence-corrected chi connectivity index (χ2v) is 3.59. The zero-order chi connectivity index (χ0) is 11.4. The molecule has 0 saturated carbocycles. The summed E-state index contributed by atoms with van der Waals surface area (Å²) in [6.07, 6.45) is -5.05. The minimum absolute atomic E-state index is 0.0151. The van der Waals surface area contributed by atoms with E-state index >= 15 is 0 Å². The van der Waals surface area contributed by atoms with Gasteiger partial charge in [0.25, 0.3) is 0 Å². The Balaban J connectivity index is 4.17. The highest BCUT2D eigenvalue weighted by Gasteiger charge is 2.44. The molecule has 14 heavy (non-hydrogen) atoms. The Kier molecular flexibility index (Phi) is 5.40. The van der Waals surface area contributed by atoms with Gasteiger partial charge >= 0.3 is 18.3 Å². The molecule has 0 radical (unpaired) electrons. The van der Waals surface area contributed by atoms with E-state index in [1.807, 2.05) is 0 Å². The quantitative estimate of drug-likeness (QED) is 0.440. The van der Waals surface area contributed by atoms with Gasteiger partial charge in [0.1, 0.15) is 4.83 Å². The molecule has 0 heterocycles. The lowest BCUT2D eigenvalue weighted by atomic mass is 10.2. The molecule has 2 nitrogen and oxygen atoms in total. The summed E-state index contributed by atoms with van der Waals surface area (Å²) in [6, 6.07) is 0. The third kappa shape index (κ3) is 4.26. The zero-order valence-corrected chi connectivity index (χ0v) is 8.86. The fraction of sp³-hybridized carbons (Fsp3) is 0.857. The Morgan fingerprint density at radius 2 is 2.00 bits per heavy atom. The molecule has 0 aromatic rings. The average Bonchev–Trinajstić information content (AvgIpc) is 2.03. The van der Waals surface area contributed by atoms with Crippen LogP contribution in [0.3, 0.4) is 0 Å². The zero-order valence-electron chi connectivity index (χ0n) is 7.28. The first-order chi connectivity index (χ1) is 6.31. The second-order valence-electron chi connectivity index (χ2n) is 2.49. The summed E-state index contributed by atoms with van der Waals surface area (Å²) < 4.78 is 52.6. The fourth-order valence-electron chi connectivity index (χ4n) is 0.644. The van der Waals surface area contributed by atoms with Crippen molar-refractivity contribution in [1.82, 2.24) is 0 Å². The largest absolute Gasteiger partial charge is 0.465 e. The van der Waals surface area contributed by atoms with Gasteiger partial charge < -0.3 is 4.74 Å². The van der Waals surface area contributed by atoms with Crippen molar-refractivity contribution in [2.45, 2.75) is 30.5 Å². The molecule has 0 aromatic heterocycles. The van der Waals surface area contributed by atoms with Crippen molar-refractivity contribution in [3.05, 3.63) is 0 Å². The smallest absolute Gasteiger partial charge is 0.319 e. The maximum Gasteiger partial charge on any atom is 0.319 e. The first kappa shape index (κ1) is 13.7. The van der Waals surface area contributed by atoms with Crippen LogP contribution in [0.15, 0.2) is 0 Å². The number of hydrogen-bond donors (Lipinski definition) is 0. The number of carbonyl (C=O) groups is 1. The molecule has 0 bridgehead atoms. The molecule has 0 fully saturated rings. The van der Waals surface area contributed by atoms with E-state index in [9.17, 15) is 22.4 Å². The highest BCUT2D eigenvalue weighted by molar-refractivity contribution is 9.10. The second kappa shape index (κ2) is 5.53. The molecule has 0 amide bonds. The van der Waals surface area contributed by atoms with E-state index in [-0.39, 0.29) is 6.61 Å². The summed E-state index contributed by atoms with van der Waals surface area (Å²) in [5, 5.41) is 0. The van der Waals surface area contributed by atoms with Crippen LogP contribution in [0, 0.1) is 0 Å². The maximum atomic E-state index is 12.4. The molecule has 1 atom stereocenters. The Bertz CT molecular complexity index is 198. The SMILES string of the molecule is CCOC(=O)C(Br)CC(F)(F)C(F)F. The van der Waals surface area contributed by atoms with E-state index in [0.29, 0.717) is 0 Å². The third-order valence-electron chi connectivity index (χ3n) is 1.31. The summed E-state index contributed by atoms with van der Waals surface area (Å²) in [6.45, 7) is 1.50. The molecule has 84 valence electrons. The van der Waals surface area contributed by atoms with Gasteiger partial charge in [-0.2, -0.15) is 0 Å². The van der Waals surface area contributed by atoms with Crippen LogP contribution in [0.5, 0.6) is 0 Å². The molecule has 0 N–H and O–H groups in total. The standard InChI is InChI=1S/C7H9BrF4O2/c1-2-14-5(13)4(8)3-7(11,12)6(9)10/h4,6H,2-3H2,1H3. The number of alkyl halides is 5. The van der Waals surface area contributed by atoms with Gasteiger partial charge in [0.2, 0.25) is 0 Å². The predicted octanol–water partition coefficient (Wildman–Crippen LogP) is 2.60. The summed E-state index contributed by atoms with van der Waals surface area (Å²) in [5.74, 6) is -5.14. The summed E-state index contributed by atoms with van der Waals surface area (Å²) in [4.78, 5) is 9.39. The number of ether oxygens (including phenoxy) is 1. The molecule has 0 aliphatic heterocycles. The monoisotopic (exact) mass is 280 g/mol. The van der Waals surface area contributed by atoms with Crippen LogP contribution in [0.4, 0.5) is 17.6 Å². The van der Waals surface area contributed by atoms with Crippen molar-refractivity contribution in [2.24, 2.45) is 0 Å². The first-order valence-electron chi connectivity index (χ1n) is 3.78. The molecule has 0 spiro atoms. The Hall–Kier alpha value is -0.330. The van der Waals surface area contributed by atoms with E-state index in [2.05, 4.69) is 20.7 Å². The molecule has 7 heteroatoms. The van der Waals surface area contributed by atoms with Gasteiger partial charge in [-0.1, -0.05) is 15.9 Å². The summed E-state index contributed by atoms with van der Waals surface area (Å²) in [7, 11) is 0. The van der Waals surface area contributed by atoms with Gasteiger partial charge in [-0.3, -0.25) is 4.79 Å². The molecule has 0 rings (SSSR count). The Morgan fingerprint density at radius 3 is 2.36 bits per heavy atom. The number of hydrogen-bond acceptors (Lipinski definition) is 2. The molecule has 1 unspecified atom stereocenters. The van der Waals surface area contributed by atoms with E-state index in [4.69, 9.17) is 0 Å². The van der Waals surface area contributed by atoms with Crippen molar-refractivity contribution >= 4 is 21.9 Å². The van der Waals surface area contributed by atoms with Gasteiger partial charge in [-0.05, 0) is 6.92 Å². The third-order valence-corrected chi connectivity index (χ3v) is 2.01. The molecule has 0 aliphatic carbocycles. The van der Waals surface area contributed by atoms with Crippen molar-refractivity contribution in [3.63, 3.8) is 0 Å². The number of rotatable bonds is 5. The number of halogens is 5. The highest BCUT2D eigenvalue weighted by Crippen LogP contribution is 2.30. The van der Waals surface area contributed by atoms with Gasteiger partial charge in [0, 0.05) is 6.42 Å². The van der Waals surface area contributed by atoms with Crippen LogP contribution in [-0.4, -0.2) is 29.8 Å². The molecule has 0 saturated heterocycles. The van der Waals surface area contributed by atoms with E-state index in [1.165, 1.54) is 6.92 Å². The summed E-state index contributed by atoms with van der Waals surface area (Å²) in [5.41, 5.74) is 0. The predicted molar refractivity (Wildman–Crippen MR) is 44.9 cm³/mol. The van der Waals surface area contributed by atoms with Crippen LogP contribution in [-0.2, 0) is 9.53 Å². The lowest BCUT2D eigenvalue weighted by molar-refractivity contribution is -0.152. The number of carbonyl (C=O) groups excluding carboxylic acids is 1. The van der Waals surface area contributed by atoms with Crippen LogP contribution in [0.1, 0.15) is 13.3 Å². The van der Waals surface area contributed by atoms with Gasteiger partial charge in [0.15, 0.2) is 0 Å². The van der Waals surface area contributed by atoms with E-state index in [0.717, 1.165) is 0 Å². The van der Waals surface area contributed by atoms with Crippen LogP contribution >= 0.6 is 15.9 Å². The van der Waals surface area contributed by atoms with E-state index < -0.39 is 29.6 Å². The van der Waals surface area contributed by atoms with Crippen LogP contribution in [0.25, 0.3) is 0 Å². The topological polar surface area (TPSA) is 26.3 Å². The number of esters is 1. The first-order valence-corrected chi connectivity index (χ1v) is 4.69. The fourth-order valence-corrected chi connectivity index (χ4v) is 1.21. The van der Waals surface area contributed by atoms with Gasteiger partial charge in [-0.15, -0.1) is 0 Å². The average molecular weight is 281 g/mol. The van der Waals surface area contributed by atoms with Crippen molar-refractivity contribution in [3.8, 4) is 0 Å². The summed E-state index contributed by atoms with van der Waals surface area (Å²) >= 11 is 2.56. The molecular formula is C7H9BrF4O2. The maximum absolute atomic E-state index is 12.4. The van der Waals surface area contributed by atoms with Gasteiger partial charge in [0.05, 0.1) is 6.61 Å². The van der Waals surface area contributed by atoms with Crippen molar-refractivity contribution in [2.75, 3.05) is 6.61 Å².